The van der Waals surface area contributed by atoms with Gasteiger partial charge in [0.15, 0.2) is 0 Å². The summed E-state index contributed by atoms with van der Waals surface area (Å²) in [5.74, 6) is -0.0243. The average molecular weight is 311 g/mol. The largest absolute Gasteiger partial charge is 0.393 e. The summed E-state index contributed by atoms with van der Waals surface area (Å²) in [5.41, 5.74) is 0. The molecule has 0 spiro atoms. The van der Waals surface area contributed by atoms with E-state index in [1.54, 1.807) is 30.3 Å². The molecule has 3 rings (SSSR count). The van der Waals surface area contributed by atoms with E-state index in [9.17, 15) is 13.5 Å². The van der Waals surface area contributed by atoms with Gasteiger partial charge < -0.3 is 9.84 Å². The standard InChI is InChI=1S/C15H21NO4S/c17-15-8-4-7-13(15)14-11-20-10-9-16(14)21(18,19)12-5-2-1-3-6-12/h1-3,5-6,13-15,17H,4,7-11H2. The smallest absolute Gasteiger partial charge is 0.243 e. The van der Waals surface area contributed by atoms with Crippen LogP contribution >= 0.6 is 0 Å². The maximum atomic E-state index is 12.8. The van der Waals surface area contributed by atoms with Gasteiger partial charge in [-0.25, -0.2) is 8.42 Å². The number of nitrogens with zero attached hydrogens (tertiary/aromatic N) is 1. The SMILES string of the molecule is O=S(=O)(c1ccccc1)N1CCOCC1C1CCCC1O. The molecule has 1 saturated carbocycles. The summed E-state index contributed by atoms with van der Waals surface area (Å²) in [7, 11) is -3.53. The van der Waals surface area contributed by atoms with Gasteiger partial charge in [-0.3, -0.25) is 0 Å². The lowest BCUT2D eigenvalue weighted by atomic mass is 9.96. The molecule has 0 amide bonds. The van der Waals surface area contributed by atoms with Crippen LogP contribution in [0.2, 0.25) is 0 Å². The van der Waals surface area contributed by atoms with Gasteiger partial charge in [-0.15, -0.1) is 0 Å². The summed E-state index contributed by atoms with van der Waals surface area (Å²) < 4.78 is 32.7. The molecule has 1 aliphatic heterocycles. The van der Waals surface area contributed by atoms with Gasteiger partial charge in [0.1, 0.15) is 0 Å². The Bertz CT molecular complexity index is 575. The van der Waals surface area contributed by atoms with E-state index in [1.165, 1.54) is 4.31 Å². The first-order chi connectivity index (χ1) is 10.1. The van der Waals surface area contributed by atoms with Crippen molar-refractivity contribution in [1.82, 2.24) is 4.31 Å². The van der Waals surface area contributed by atoms with E-state index in [4.69, 9.17) is 4.74 Å². The molecule has 3 atom stereocenters. The van der Waals surface area contributed by atoms with Crippen molar-refractivity contribution in [2.24, 2.45) is 5.92 Å². The first kappa shape index (κ1) is 15.0. The van der Waals surface area contributed by atoms with E-state index in [1.807, 2.05) is 0 Å². The molecule has 1 heterocycles. The first-order valence-electron chi connectivity index (χ1n) is 7.43. The van der Waals surface area contributed by atoms with E-state index >= 15 is 0 Å². The van der Waals surface area contributed by atoms with Crippen LogP contribution in [0.15, 0.2) is 35.2 Å². The van der Waals surface area contributed by atoms with E-state index in [0.717, 1.165) is 19.3 Å². The Kier molecular flexibility index (Phi) is 4.31. The molecule has 2 aliphatic rings. The third-order valence-corrected chi connectivity index (χ3v) is 6.43. The zero-order valence-electron chi connectivity index (χ0n) is 11.9. The van der Waals surface area contributed by atoms with E-state index < -0.39 is 16.1 Å². The Morgan fingerprint density at radius 1 is 1.19 bits per heavy atom. The number of aliphatic hydroxyl groups excluding tert-OH is 1. The van der Waals surface area contributed by atoms with E-state index in [2.05, 4.69) is 0 Å². The van der Waals surface area contributed by atoms with Crippen LogP contribution in [0.3, 0.4) is 0 Å². The Morgan fingerprint density at radius 2 is 1.95 bits per heavy atom. The molecular formula is C15H21NO4S. The second-order valence-electron chi connectivity index (χ2n) is 5.73. The molecular weight excluding hydrogens is 290 g/mol. The molecule has 1 aromatic rings. The van der Waals surface area contributed by atoms with Crippen molar-refractivity contribution in [1.29, 1.82) is 0 Å². The predicted molar refractivity (Wildman–Crippen MR) is 78.3 cm³/mol. The maximum absolute atomic E-state index is 12.8. The van der Waals surface area contributed by atoms with Crippen molar-refractivity contribution in [2.75, 3.05) is 19.8 Å². The van der Waals surface area contributed by atoms with Crippen LogP contribution in [0.1, 0.15) is 19.3 Å². The third-order valence-electron chi connectivity index (χ3n) is 4.49. The highest BCUT2D eigenvalue weighted by molar-refractivity contribution is 7.89. The summed E-state index contributed by atoms with van der Waals surface area (Å²) in [6.45, 7) is 1.13. The highest BCUT2D eigenvalue weighted by Crippen LogP contribution is 2.34. The fourth-order valence-corrected chi connectivity index (χ4v) is 5.05. The minimum atomic E-state index is -3.53. The van der Waals surface area contributed by atoms with Crippen molar-refractivity contribution in [3.8, 4) is 0 Å². The number of ether oxygens (including phenoxy) is 1. The second-order valence-corrected chi connectivity index (χ2v) is 7.62. The maximum Gasteiger partial charge on any atom is 0.243 e. The summed E-state index contributed by atoms with van der Waals surface area (Å²) >= 11 is 0. The number of hydrogen-bond acceptors (Lipinski definition) is 4. The van der Waals surface area contributed by atoms with E-state index in [0.29, 0.717) is 24.7 Å². The fraction of sp³-hybridized carbons (Fsp3) is 0.600. The van der Waals surface area contributed by atoms with Gasteiger partial charge in [0.05, 0.1) is 30.3 Å². The van der Waals surface area contributed by atoms with Gasteiger partial charge in [-0.2, -0.15) is 4.31 Å². The van der Waals surface area contributed by atoms with Gasteiger partial charge in [0.2, 0.25) is 10.0 Å². The zero-order valence-corrected chi connectivity index (χ0v) is 12.7. The molecule has 5 nitrogen and oxygen atoms in total. The van der Waals surface area contributed by atoms with Crippen LogP contribution in [-0.2, 0) is 14.8 Å². The van der Waals surface area contributed by atoms with Gasteiger partial charge in [-0.05, 0) is 25.0 Å². The number of hydrogen-bond donors (Lipinski definition) is 1. The van der Waals surface area contributed by atoms with Crippen LogP contribution in [0.4, 0.5) is 0 Å². The Balaban J connectivity index is 1.91. The molecule has 1 aromatic carbocycles. The van der Waals surface area contributed by atoms with Crippen molar-refractivity contribution >= 4 is 10.0 Å². The first-order valence-corrected chi connectivity index (χ1v) is 8.87. The molecule has 3 unspecified atom stereocenters. The monoisotopic (exact) mass is 311 g/mol. The van der Waals surface area contributed by atoms with Crippen molar-refractivity contribution in [2.45, 2.75) is 36.3 Å². The molecule has 0 radical (unpaired) electrons. The molecule has 21 heavy (non-hydrogen) atoms. The lowest BCUT2D eigenvalue weighted by molar-refractivity contribution is -0.0148. The quantitative estimate of drug-likeness (QED) is 0.912. The Morgan fingerprint density at radius 3 is 2.62 bits per heavy atom. The molecule has 2 fully saturated rings. The Hall–Kier alpha value is -0.950. The molecule has 116 valence electrons. The van der Waals surface area contributed by atoms with E-state index in [-0.39, 0.29) is 12.0 Å². The van der Waals surface area contributed by atoms with Crippen molar-refractivity contribution in [3.63, 3.8) is 0 Å². The zero-order chi connectivity index (χ0) is 14.9. The summed E-state index contributed by atoms with van der Waals surface area (Å²) in [5, 5.41) is 10.1. The third kappa shape index (κ3) is 2.85. The second kappa shape index (κ2) is 6.04. The molecule has 0 bridgehead atoms. The normalized spacial score (nSPS) is 31.4. The minimum absolute atomic E-state index is 0.0243. The topological polar surface area (TPSA) is 66.8 Å². The summed E-state index contributed by atoms with van der Waals surface area (Å²) in [4.78, 5) is 0.310. The van der Waals surface area contributed by atoms with Crippen LogP contribution in [-0.4, -0.2) is 49.7 Å². The van der Waals surface area contributed by atoms with Crippen molar-refractivity contribution in [3.05, 3.63) is 30.3 Å². The summed E-state index contributed by atoms with van der Waals surface area (Å²) in [6.07, 6.45) is 2.13. The van der Waals surface area contributed by atoms with Crippen LogP contribution in [0.25, 0.3) is 0 Å². The molecule has 0 aromatic heterocycles. The summed E-state index contributed by atoms with van der Waals surface area (Å²) in [6, 6.07) is 8.23. The molecule has 1 N–H and O–H groups in total. The lowest BCUT2D eigenvalue weighted by Gasteiger charge is -2.39. The minimum Gasteiger partial charge on any atom is -0.393 e. The van der Waals surface area contributed by atoms with Gasteiger partial charge >= 0.3 is 0 Å². The fourth-order valence-electron chi connectivity index (χ4n) is 3.39. The molecule has 1 saturated heterocycles. The molecule has 1 aliphatic carbocycles. The highest BCUT2D eigenvalue weighted by Gasteiger charge is 2.42. The van der Waals surface area contributed by atoms with Gasteiger partial charge in [0, 0.05) is 12.5 Å². The number of sulfonamides is 1. The number of morpholine rings is 1. The van der Waals surface area contributed by atoms with Crippen molar-refractivity contribution < 1.29 is 18.3 Å². The average Bonchev–Trinajstić information content (AvgIpc) is 2.94. The van der Waals surface area contributed by atoms with Crippen LogP contribution in [0, 0.1) is 5.92 Å². The van der Waals surface area contributed by atoms with Crippen LogP contribution in [0.5, 0.6) is 0 Å². The number of rotatable bonds is 3. The predicted octanol–water partition coefficient (Wildman–Crippen LogP) is 1.24. The number of aliphatic hydroxyl groups is 1. The van der Waals surface area contributed by atoms with Gasteiger partial charge in [-0.1, -0.05) is 24.6 Å². The van der Waals surface area contributed by atoms with Gasteiger partial charge in [0.25, 0.3) is 0 Å². The van der Waals surface area contributed by atoms with Crippen LogP contribution < -0.4 is 0 Å². The highest BCUT2D eigenvalue weighted by atomic mass is 32.2. The number of benzene rings is 1. The lowest BCUT2D eigenvalue weighted by Crippen LogP contribution is -2.53. The Labute approximate surface area is 125 Å². The molecule has 6 heteroatoms.